The average Bonchev–Trinajstić information content (AvgIpc) is 2.45. The molecule has 15 heavy (non-hydrogen) atoms. The molecule has 1 amide bonds. The fraction of sp³-hybridized carbons (Fsp3) is 0.333. The van der Waals surface area contributed by atoms with Crippen LogP contribution in [0, 0.1) is 0 Å². The monoisotopic (exact) mass is 226 g/mol. The third kappa shape index (κ3) is 1.88. The van der Waals surface area contributed by atoms with Crippen LogP contribution in [0.15, 0.2) is 12.1 Å². The lowest BCUT2D eigenvalue weighted by atomic mass is 10.3. The quantitative estimate of drug-likeness (QED) is 0.678. The van der Waals surface area contributed by atoms with Gasteiger partial charge in [0.05, 0.1) is 5.69 Å². The summed E-state index contributed by atoms with van der Waals surface area (Å²) in [6, 6.07) is 3.15. The summed E-state index contributed by atoms with van der Waals surface area (Å²) in [5, 5.41) is 0.312. The molecule has 5 nitrogen and oxygen atoms in total. The molecule has 1 aliphatic rings. The second-order valence-electron chi connectivity index (χ2n) is 3.51. The highest BCUT2D eigenvalue weighted by atomic mass is 35.5. The third-order valence-electron chi connectivity index (χ3n) is 2.31. The number of halogens is 1. The van der Waals surface area contributed by atoms with Crippen molar-refractivity contribution in [1.82, 2.24) is 4.98 Å². The van der Waals surface area contributed by atoms with E-state index in [9.17, 15) is 4.79 Å². The molecule has 1 saturated heterocycles. The van der Waals surface area contributed by atoms with Crippen molar-refractivity contribution in [3.63, 3.8) is 0 Å². The van der Waals surface area contributed by atoms with Gasteiger partial charge in [-0.1, -0.05) is 11.6 Å². The van der Waals surface area contributed by atoms with E-state index in [0.29, 0.717) is 23.8 Å². The summed E-state index contributed by atoms with van der Waals surface area (Å²) < 4.78 is 0. The summed E-state index contributed by atoms with van der Waals surface area (Å²) in [7, 11) is 0. The zero-order valence-corrected chi connectivity index (χ0v) is 8.74. The topological polar surface area (TPSA) is 85.2 Å². The first-order chi connectivity index (χ1) is 7.08. The van der Waals surface area contributed by atoms with Gasteiger partial charge in [0.25, 0.3) is 0 Å². The fourth-order valence-electron chi connectivity index (χ4n) is 1.64. The van der Waals surface area contributed by atoms with Crippen LogP contribution in [0.2, 0.25) is 5.15 Å². The predicted octanol–water partition coefficient (Wildman–Crippen LogP) is 0.381. The highest BCUT2D eigenvalue weighted by Crippen LogP contribution is 2.26. The van der Waals surface area contributed by atoms with Crippen molar-refractivity contribution >= 4 is 29.0 Å². The largest absolute Gasteiger partial charge is 0.382 e. The Morgan fingerprint density at radius 1 is 1.53 bits per heavy atom. The summed E-state index contributed by atoms with van der Waals surface area (Å²) >= 11 is 5.67. The maximum Gasteiger partial charge on any atom is 0.228 e. The molecule has 1 aliphatic heterocycles. The van der Waals surface area contributed by atoms with E-state index < -0.39 is 0 Å². The number of hydrogen-bond donors (Lipinski definition) is 2. The van der Waals surface area contributed by atoms with E-state index in [2.05, 4.69) is 4.98 Å². The van der Waals surface area contributed by atoms with Crippen LogP contribution in [-0.4, -0.2) is 23.5 Å². The molecule has 6 heteroatoms. The molecule has 4 N–H and O–H groups in total. The number of nitrogens with zero attached hydrogens (tertiary/aromatic N) is 2. The van der Waals surface area contributed by atoms with Gasteiger partial charge in [-0.15, -0.1) is 0 Å². The Morgan fingerprint density at radius 3 is 2.80 bits per heavy atom. The van der Waals surface area contributed by atoms with E-state index in [1.165, 1.54) is 0 Å². The van der Waals surface area contributed by atoms with E-state index >= 15 is 0 Å². The lowest BCUT2D eigenvalue weighted by Crippen LogP contribution is -2.28. The van der Waals surface area contributed by atoms with Crippen molar-refractivity contribution in [2.75, 3.05) is 17.2 Å². The number of anilines is 2. The van der Waals surface area contributed by atoms with Gasteiger partial charge in [0.1, 0.15) is 11.0 Å². The molecule has 1 aromatic heterocycles. The van der Waals surface area contributed by atoms with E-state index in [4.69, 9.17) is 23.1 Å². The van der Waals surface area contributed by atoms with Gasteiger partial charge in [-0.2, -0.15) is 0 Å². The fourth-order valence-corrected chi connectivity index (χ4v) is 1.79. The second kappa shape index (κ2) is 3.67. The van der Waals surface area contributed by atoms with E-state index in [0.717, 1.165) is 0 Å². The van der Waals surface area contributed by atoms with Gasteiger partial charge in [0.2, 0.25) is 5.91 Å². The van der Waals surface area contributed by atoms with Crippen molar-refractivity contribution in [2.24, 2.45) is 5.73 Å². The maximum absolute atomic E-state index is 11.6. The molecule has 1 atom stereocenters. The minimum Gasteiger partial charge on any atom is -0.382 e. The van der Waals surface area contributed by atoms with Crippen molar-refractivity contribution in [3.8, 4) is 0 Å². The average molecular weight is 227 g/mol. The van der Waals surface area contributed by atoms with Gasteiger partial charge in [-0.05, 0) is 12.1 Å². The summed E-state index contributed by atoms with van der Waals surface area (Å²) in [5.41, 5.74) is 11.9. The molecule has 0 aliphatic carbocycles. The molecule has 0 spiro atoms. The van der Waals surface area contributed by atoms with Crippen LogP contribution in [0.4, 0.5) is 11.5 Å². The van der Waals surface area contributed by atoms with Crippen LogP contribution < -0.4 is 16.4 Å². The van der Waals surface area contributed by atoms with Gasteiger partial charge >= 0.3 is 0 Å². The Labute approximate surface area is 92.0 Å². The molecular weight excluding hydrogens is 216 g/mol. The van der Waals surface area contributed by atoms with Crippen LogP contribution in [-0.2, 0) is 4.79 Å². The first kappa shape index (κ1) is 10.2. The number of pyridine rings is 1. The molecule has 0 bridgehead atoms. The Balaban J connectivity index is 2.34. The number of aromatic nitrogens is 1. The molecular formula is C9H11ClN4O. The molecule has 2 rings (SSSR count). The summed E-state index contributed by atoms with van der Waals surface area (Å²) in [6.45, 7) is 0.479. The van der Waals surface area contributed by atoms with Crippen molar-refractivity contribution in [3.05, 3.63) is 17.3 Å². The molecule has 2 heterocycles. The highest BCUT2D eigenvalue weighted by Gasteiger charge is 2.29. The van der Waals surface area contributed by atoms with E-state index in [-0.39, 0.29) is 17.8 Å². The molecule has 0 radical (unpaired) electrons. The molecule has 0 aromatic carbocycles. The highest BCUT2D eigenvalue weighted by molar-refractivity contribution is 6.29. The SMILES string of the molecule is Nc1nc(Cl)ccc1N1CC(N)CC1=O. The lowest BCUT2D eigenvalue weighted by molar-refractivity contribution is -0.117. The standard InChI is InChI=1S/C9H11ClN4O/c10-7-2-1-6(9(12)13-7)14-4-5(11)3-8(14)15/h1-2,5H,3-4,11H2,(H2,12,13). The smallest absolute Gasteiger partial charge is 0.228 e. The molecule has 1 unspecified atom stereocenters. The number of nitrogen functional groups attached to an aromatic ring is 1. The van der Waals surface area contributed by atoms with Crippen LogP contribution in [0.1, 0.15) is 6.42 Å². The minimum atomic E-state index is -0.132. The molecule has 80 valence electrons. The number of amides is 1. The normalized spacial score (nSPS) is 21.1. The van der Waals surface area contributed by atoms with Crippen LogP contribution in [0.3, 0.4) is 0 Å². The van der Waals surface area contributed by atoms with E-state index in [1.54, 1.807) is 17.0 Å². The zero-order chi connectivity index (χ0) is 11.0. The summed E-state index contributed by atoms with van der Waals surface area (Å²) in [6.07, 6.45) is 0.349. The van der Waals surface area contributed by atoms with Crippen LogP contribution in [0.5, 0.6) is 0 Å². The van der Waals surface area contributed by atoms with Gasteiger partial charge in [0.15, 0.2) is 0 Å². The molecule has 1 aromatic rings. The summed E-state index contributed by atoms with van der Waals surface area (Å²) in [4.78, 5) is 17.0. The Hall–Kier alpha value is -1.33. The maximum atomic E-state index is 11.6. The van der Waals surface area contributed by atoms with Gasteiger partial charge in [-0.25, -0.2) is 4.98 Å². The van der Waals surface area contributed by atoms with Crippen molar-refractivity contribution < 1.29 is 4.79 Å². The number of rotatable bonds is 1. The van der Waals surface area contributed by atoms with Gasteiger partial charge in [-0.3, -0.25) is 4.79 Å². The van der Waals surface area contributed by atoms with Crippen molar-refractivity contribution in [2.45, 2.75) is 12.5 Å². The molecule has 0 saturated carbocycles. The number of carbonyl (C=O) groups is 1. The Kier molecular flexibility index (Phi) is 2.50. The lowest BCUT2D eigenvalue weighted by Gasteiger charge is -2.17. The number of carbonyl (C=O) groups excluding carboxylic acids is 1. The second-order valence-corrected chi connectivity index (χ2v) is 3.89. The Bertz CT molecular complexity index is 409. The first-order valence-corrected chi connectivity index (χ1v) is 4.93. The zero-order valence-electron chi connectivity index (χ0n) is 7.98. The van der Waals surface area contributed by atoms with Gasteiger partial charge < -0.3 is 16.4 Å². The minimum absolute atomic E-state index is 0.0293. The first-order valence-electron chi connectivity index (χ1n) is 4.56. The Morgan fingerprint density at radius 2 is 2.27 bits per heavy atom. The van der Waals surface area contributed by atoms with Gasteiger partial charge in [0, 0.05) is 19.0 Å². The number of nitrogens with two attached hydrogens (primary N) is 2. The predicted molar refractivity (Wildman–Crippen MR) is 58.6 cm³/mol. The third-order valence-corrected chi connectivity index (χ3v) is 2.52. The van der Waals surface area contributed by atoms with E-state index in [1.807, 2.05) is 0 Å². The molecule has 1 fully saturated rings. The van der Waals surface area contributed by atoms with Crippen LogP contribution in [0.25, 0.3) is 0 Å². The van der Waals surface area contributed by atoms with Crippen LogP contribution >= 0.6 is 11.6 Å². The summed E-state index contributed by atoms with van der Waals surface area (Å²) in [5.74, 6) is 0.225. The van der Waals surface area contributed by atoms with Crippen molar-refractivity contribution in [1.29, 1.82) is 0 Å². The number of hydrogen-bond acceptors (Lipinski definition) is 4.